The lowest BCUT2D eigenvalue weighted by molar-refractivity contribution is -0.224. The van der Waals surface area contributed by atoms with E-state index in [9.17, 15) is 22.8 Å². The molecule has 1 unspecified atom stereocenters. The lowest BCUT2D eigenvalue weighted by Gasteiger charge is -2.21. The first-order chi connectivity index (χ1) is 22.7. The number of hydrogen-bond donors (Lipinski definition) is 0. The molecule has 3 aromatic rings. The van der Waals surface area contributed by atoms with Crippen molar-refractivity contribution >= 4 is 11.9 Å². The smallest absolute Gasteiger partial charge is 0.414 e. The Bertz CT molecular complexity index is 1340. The molecule has 0 saturated heterocycles. The summed E-state index contributed by atoms with van der Waals surface area (Å²) in [6, 6.07) is 20.6. The minimum Gasteiger partial charge on any atom is -0.494 e. The van der Waals surface area contributed by atoms with Crippen molar-refractivity contribution in [3.05, 3.63) is 83.9 Å². The van der Waals surface area contributed by atoms with E-state index in [1.807, 2.05) is 31.2 Å². The zero-order valence-electron chi connectivity index (χ0n) is 27.5. The van der Waals surface area contributed by atoms with E-state index in [2.05, 4.69) is 6.92 Å². The molecular formula is C38H47F3O6. The molecule has 9 heteroatoms. The maximum absolute atomic E-state index is 13.4. The van der Waals surface area contributed by atoms with Crippen molar-refractivity contribution in [3.63, 3.8) is 0 Å². The molecule has 256 valence electrons. The molecule has 47 heavy (non-hydrogen) atoms. The number of ether oxygens (including phenoxy) is 4. The molecule has 0 saturated carbocycles. The minimum atomic E-state index is -4.58. The van der Waals surface area contributed by atoms with Crippen LogP contribution in [0.4, 0.5) is 13.2 Å². The average molecular weight is 657 g/mol. The second-order valence-corrected chi connectivity index (χ2v) is 11.5. The summed E-state index contributed by atoms with van der Waals surface area (Å²) in [7, 11) is 0. The van der Waals surface area contributed by atoms with Crippen LogP contribution in [-0.2, 0) is 9.47 Å². The summed E-state index contributed by atoms with van der Waals surface area (Å²) >= 11 is 0. The van der Waals surface area contributed by atoms with E-state index < -0.39 is 37.2 Å². The SMILES string of the molecule is CCCCCCCCOc1ccc(-c2ccc(C(=O)Oc3ccccc3C(=O)OCCC(OCCCCCC)C(F)(F)F)cc2)cc1. The molecule has 1 atom stereocenters. The maximum Gasteiger partial charge on any atom is 0.414 e. The summed E-state index contributed by atoms with van der Waals surface area (Å²) < 4.78 is 61.8. The summed E-state index contributed by atoms with van der Waals surface area (Å²) in [6.07, 6.45) is 3.30. The molecule has 0 N–H and O–H groups in total. The Kier molecular flexibility index (Phi) is 16.3. The molecule has 6 nitrogen and oxygen atoms in total. The summed E-state index contributed by atoms with van der Waals surface area (Å²) in [6.45, 7) is 4.39. The van der Waals surface area contributed by atoms with E-state index in [1.54, 1.807) is 36.4 Å². The molecule has 0 radical (unpaired) electrons. The predicted octanol–water partition coefficient (Wildman–Crippen LogP) is 10.4. The van der Waals surface area contributed by atoms with E-state index >= 15 is 0 Å². The molecule has 3 aromatic carbocycles. The van der Waals surface area contributed by atoms with Crippen molar-refractivity contribution < 1.29 is 41.7 Å². The average Bonchev–Trinajstić information content (AvgIpc) is 3.07. The maximum atomic E-state index is 13.4. The standard InChI is InChI=1S/C38H47F3O6/c1-3-5-7-9-10-14-26-44-32-23-21-30(22-24-32)29-17-19-31(20-18-29)36(42)47-34-16-12-11-15-33(34)37(43)46-28-25-35(38(39,40)41)45-27-13-8-6-4-2/h11-12,15-24,35H,3-10,13-14,25-28H2,1-2H3. The summed E-state index contributed by atoms with van der Waals surface area (Å²) in [5.41, 5.74) is 2.05. The van der Waals surface area contributed by atoms with Gasteiger partial charge in [0.25, 0.3) is 0 Å². The lowest BCUT2D eigenvalue weighted by atomic mass is 10.0. The predicted molar refractivity (Wildman–Crippen MR) is 177 cm³/mol. The van der Waals surface area contributed by atoms with Crippen LogP contribution < -0.4 is 9.47 Å². The van der Waals surface area contributed by atoms with Gasteiger partial charge in [-0.1, -0.05) is 102 Å². The molecule has 0 aliphatic rings. The molecule has 0 aliphatic carbocycles. The highest BCUT2D eigenvalue weighted by Crippen LogP contribution is 2.27. The molecule has 0 heterocycles. The minimum absolute atomic E-state index is 0.0154. The molecule has 0 aromatic heterocycles. The normalized spacial score (nSPS) is 12.0. The number of esters is 2. The van der Waals surface area contributed by atoms with Gasteiger partial charge in [0.1, 0.15) is 17.1 Å². The van der Waals surface area contributed by atoms with Crippen molar-refractivity contribution in [3.8, 4) is 22.6 Å². The second-order valence-electron chi connectivity index (χ2n) is 11.5. The lowest BCUT2D eigenvalue weighted by Crippen LogP contribution is -2.33. The quantitative estimate of drug-likeness (QED) is 0.0646. The zero-order valence-corrected chi connectivity index (χ0v) is 27.5. The van der Waals surface area contributed by atoms with E-state index in [0.29, 0.717) is 13.0 Å². The highest BCUT2D eigenvalue weighted by Gasteiger charge is 2.40. The van der Waals surface area contributed by atoms with Gasteiger partial charge in [0.05, 0.1) is 18.8 Å². The molecule has 3 rings (SSSR count). The van der Waals surface area contributed by atoms with Gasteiger partial charge in [-0.25, -0.2) is 9.59 Å². The van der Waals surface area contributed by atoms with Crippen LogP contribution in [0.25, 0.3) is 11.1 Å². The second kappa shape index (κ2) is 20.4. The van der Waals surface area contributed by atoms with Crippen molar-refractivity contribution in [1.82, 2.24) is 0 Å². The van der Waals surface area contributed by atoms with Gasteiger partial charge in [-0.15, -0.1) is 0 Å². The fourth-order valence-corrected chi connectivity index (χ4v) is 4.93. The van der Waals surface area contributed by atoms with Crippen LogP contribution in [0, 0.1) is 0 Å². The van der Waals surface area contributed by atoms with Crippen LogP contribution in [0.15, 0.2) is 72.8 Å². The van der Waals surface area contributed by atoms with Crippen LogP contribution in [0.1, 0.15) is 105 Å². The molecular weight excluding hydrogens is 609 g/mol. The van der Waals surface area contributed by atoms with E-state index in [0.717, 1.165) is 42.6 Å². The fourth-order valence-electron chi connectivity index (χ4n) is 4.93. The fraction of sp³-hybridized carbons (Fsp3) is 0.474. The number of hydrogen-bond acceptors (Lipinski definition) is 6. The summed E-state index contributed by atoms with van der Waals surface area (Å²) in [5.74, 6) is -0.829. The number of alkyl halides is 3. The Hall–Kier alpha value is -3.85. The topological polar surface area (TPSA) is 71.1 Å². The van der Waals surface area contributed by atoms with Gasteiger partial charge in [0.15, 0.2) is 6.10 Å². The monoisotopic (exact) mass is 656 g/mol. The van der Waals surface area contributed by atoms with Crippen molar-refractivity contribution in [2.75, 3.05) is 19.8 Å². The first kappa shape index (κ1) is 37.6. The van der Waals surface area contributed by atoms with Crippen molar-refractivity contribution in [1.29, 1.82) is 0 Å². The Morgan fingerprint density at radius 2 is 1.23 bits per heavy atom. The molecule has 0 fully saturated rings. The van der Waals surface area contributed by atoms with Gasteiger partial charge in [-0.2, -0.15) is 13.2 Å². The third-order valence-corrected chi connectivity index (χ3v) is 7.68. The van der Waals surface area contributed by atoms with Crippen molar-refractivity contribution in [2.24, 2.45) is 0 Å². The third-order valence-electron chi connectivity index (χ3n) is 7.68. The van der Waals surface area contributed by atoms with Gasteiger partial charge >= 0.3 is 18.1 Å². The Morgan fingerprint density at radius 1 is 0.660 bits per heavy atom. The van der Waals surface area contributed by atoms with E-state index in [4.69, 9.17) is 18.9 Å². The van der Waals surface area contributed by atoms with E-state index in [1.165, 1.54) is 44.2 Å². The van der Waals surface area contributed by atoms with Gasteiger partial charge in [-0.05, 0) is 60.4 Å². The van der Waals surface area contributed by atoms with Crippen LogP contribution in [-0.4, -0.2) is 44.0 Å². The Morgan fingerprint density at radius 3 is 1.89 bits per heavy atom. The number of unbranched alkanes of at least 4 members (excludes halogenated alkanes) is 8. The zero-order chi connectivity index (χ0) is 33.9. The first-order valence-corrected chi connectivity index (χ1v) is 16.7. The van der Waals surface area contributed by atoms with Crippen LogP contribution in [0.3, 0.4) is 0 Å². The Labute approximate surface area is 276 Å². The first-order valence-electron chi connectivity index (χ1n) is 16.7. The Balaban J connectivity index is 1.51. The number of rotatable bonds is 21. The third kappa shape index (κ3) is 13.4. The number of halogens is 3. The van der Waals surface area contributed by atoms with Crippen LogP contribution >= 0.6 is 0 Å². The summed E-state index contributed by atoms with van der Waals surface area (Å²) in [4.78, 5) is 25.7. The molecule has 0 bridgehead atoms. The largest absolute Gasteiger partial charge is 0.494 e. The van der Waals surface area contributed by atoms with Gasteiger partial charge in [0.2, 0.25) is 0 Å². The van der Waals surface area contributed by atoms with E-state index in [-0.39, 0.29) is 23.5 Å². The van der Waals surface area contributed by atoms with Crippen LogP contribution in [0.2, 0.25) is 0 Å². The van der Waals surface area contributed by atoms with Gasteiger partial charge in [-0.3, -0.25) is 0 Å². The summed E-state index contributed by atoms with van der Waals surface area (Å²) in [5, 5.41) is 0. The number of para-hydroxylation sites is 1. The van der Waals surface area contributed by atoms with Gasteiger partial charge < -0.3 is 18.9 Å². The molecule has 0 amide bonds. The van der Waals surface area contributed by atoms with Gasteiger partial charge in [0, 0.05) is 13.0 Å². The molecule has 0 spiro atoms. The molecule has 0 aliphatic heterocycles. The number of carbonyl (C=O) groups excluding carboxylic acids is 2. The van der Waals surface area contributed by atoms with Crippen molar-refractivity contribution in [2.45, 2.75) is 96.8 Å². The number of benzene rings is 3. The van der Waals surface area contributed by atoms with Crippen LogP contribution in [0.5, 0.6) is 11.5 Å². The highest BCUT2D eigenvalue weighted by atomic mass is 19.4. The number of carbonyl (C=O) groups is 2. The highest BCUT2D eigenvalue weighted by molar-refractivity contribution is 5.96.